The molecule has 2 heterocycles. The fraction of sp³-hybridized carbons (Fsp3) is 0.480. The Morgan fingerprint density at radius 1 is 1.00 bits per heavy atom. The van der Waals surface area contributed by atoms with Crippen LogP contribution in [0.25, 0.3) is 0 Å². The molecule has 0 unspecified atom stereocenters. The Morgan fingerprint density at radius 2 is 1.66 bits per heavy atom. The van der Waals surface area contributed by atoms with E-state index in [0.29, 0.717) is 37.9 Å². The third-order valence-electron chi connectivity index (χ3n) is 6.72. The van der Waals surface area contributed by atoms with Crippen LogP contribution in [0.15, 0.2) is 48.5 Å². The van der Waals surface area contributed by atoms with Crippen molar-refractivity contribution >= 4 is 5.91 Å². The van der Waals surface area contributed by atoms with E-state index in [1.54, 1.807) is 0 Å². The van der Waals surface area contributed by atoms with Gasteiger partial charge in [0.2, 0.25) is 5.91 Å². The fourth-order valence-electron chi connectivity index (χ4n) is 4.89. The predicted molar refractivity (Wildman–Crippen MR) is 116 cm³/mol. The van der Waals surface area contributed by atoms with Gasteiger partial charge in [0.15, 0.2) is 0 Å². The fourth-order valence-corrected chi connectivity index (χ4v) is 4.89. The van der Waals surface area contributed by atoms with Crippen molar-refractivity contribution in [3.8, 4) is 0 Å². The number of likely N-dealkylation sites (tertiary alicyclic amines) is 1. The van der Waals surface area contributed by atoms with Crippen molar-refractivity contribution in [3.05, 3.63) is 70.8 Å². The molecule has 2 aliphatic rings. The normalized spacial score (nSPS) is 23.7. The van der Waals surface area contributed by atoms with Gasteiger partial charge in [0, 0.05) is 25.6 Å². The molecule has 2 aromatic rings. The molecular formula is C25H26F6N2O2. The van der Waals surface area contributed by atoms with E-state index < -0.39 is 35.6 Å². The summed E-state index contributed by atoms with van der Waals surface area (Å²) in [5.41, 5.74) is -2.69. The maximum absolute atomic E-state index is 13.2. The van der Waals surface area contributed by atoms with Crippen LogP contribution in [-0.4, -0.2) is 36.5 Å². The quantitative estimate of drug-likeness (QED) is 0.532. The smallest absolute Gasteiger partial charge is 0.374 e. The summed E-state index contributed by atoms with van der Waals surface area (Å²) in [7, 11) is 0. The van der Waals surface area contributed by atoms with Crippen LogP contribution in [0.2, 0.25) is 0 Å². The minimum atomic E-state index is -4.91. The molecule has 4 rings (SSSR count). The van der Waals surface area contributed by atoms with E-state index in [9.17, 15) is 31.1 Å². The number of hydrogen-bond donors (Lipinski definition) is 1. The number of piperidine rings is 1. The zero-order chi connectivity index (χ0) is 25.3. The van der Waals surface area contributed by atoms with Crippen LogP contribution >= 0.6 is 0 Å². The van der Waals surface area contributed by atoms with Gasteiger partial charge >= 0.3 is 12.4 Å². The molecule has 0 radical (unpaired) electrons. The molecule has 0 aliphatic carbocycles. The first-order chi connectivity index (χ1) is 16.5. The second-order valence-corrected chi connectivity index (χ2v) is 9.12. The highest BCUT2D eigenvalue weighted by molar-refractivity contribution is 5.78. The van der Waals surface area contributed by atoms with Crippen molar-refractivity contribution in [2.45, 2.75) is 56.2 Å². The van der Waals surface area contributed by atoms with E-state index in [1.165, 1.54) is 0 Å². The summed E-state index contributed by atoms with van der Waals surface area (Å²) in [6.45, 7) is 0.884. The van der Waals surface area contributed by atoms with Crippen molar-refractivity contribution in [2.24, 2.45) is 0 Å². The first-order valence-corrected chi connectivity index (χ1v) is 11.4. The standard InChI is InChI=1S/C25H26F6N2O2/c26-24(27,28)19-11-17(12-20(13-19)25(29,30)31)15-35-16-23(18-5-2-1-3-6-18)9-8-21(14-32-23)33-10-4-7-22(33)34/h1-3,5-6,11-13,21,32H,4,7-10,14-16H2/t21-,23+/m0/s1. The summed E-state index contributed by atoms with van der Waals surface area (Å²) in [5.74, 6) is 0.130. The number of ether oxygens (including phenoxy) is 1. The summed E-state index contributed by atoms with van der Waals surface area (Å²) in [5, 5.41) is 3.48. The van der Waals surface area contributed by atoms with Crippen molar-refractivity contribution in [1.29, 1.82) is 0 Å². The number of carbonyl (C=O) groups excluding carboxylic acids is 1. The lowest BCUT2D eigenvalue weighted by Gasteiger charge is -2.44. The minimum absolute atomic E-state index is 0.0413. The summed E-state index contributed by atoms with van der Waals surface area (Å²) in [4.78, 5) is 14.0. The Hall–Kier alpha value is -2.59. The van der Waals surface area contributed by atoms with E-state index in [0.717, 1.165) is 18.5 Å². The number of nitrogens with one attached hydrogen (secondary N) is 1. The van der Waals surface area contributed by atoms with Crippen LogP contribution in [0, 0.1) is 0 Å². The number of halogens is 6. The molecule has 2 atom stereocenters. The third-order valence-corrected chi connectivity index (χ3v) is 6.72. The van der Waals surface area contributed by atoms with Crippen LogP contribution in [-0.2, 0) is 34.0 Å². The van der Waals surface area contributed by atoms with Crippen molar-refractivity contribution in [1.82, 2.24) is 10.2 Å². The highest BCUT2D eigenvalue weighted by Gasteiger charge is 2.41. The monoisotopic (exact) mass is 500 g/mol. The lowest BCUT2D eigenvalue weighted by atomic mass is 9.81. The van der Waals surface area contributed by atoms with E-state index >= 15 is 0 Å². The molecule has 1 amide bonds. The van der Waals surface area contributed by atoms with Crippen LogP contribution in [0.3, 0.4) is 0 Å². The van der Waals surface area contributed by atoms with Gasteiger partial charge in [-0.25, -0.2) is 0 Å². The predicted octanol–water partition coefficient (Wildman–Crippen LogP) is 5.51. The van der Waals surface area contributed by atoms with Gasteiger partial charge in [0.25, 0.3) is 0 Å². The minimum Gasteiger partial charge on any atom is -0.374 e. The SMILES string of the molecule is O=C1CCCN1[C@H]1CC[C@@](COCc2cc(C(F)(F)F)cc(C(F)(F)F)c2)(c2ccccc2)NC1. The molecule has 0 bridgehead atoms. The van der Waals surface area contributed by atoms with Crippen molar-refractivity contribution < 1.29 is 35.9 Å². The summed E-state index contributed by atoms with van der Waals surface area (Å²) in [6, 6.07) is 10.9. The van der Waals surface area contributed by atoms with Crippen LogP contribution in [0.5, 0.6) is 0 Å². The van der Waals surface area contributed by atoms with Gasteiger partial charge in [-0.15, -0.1) is 0 Å². The van der Waals surface area contributed by atoms with E-state index in [-0.39, 0.29) is 30.2 Å². The molecule has 4 nitrogen and oxygen atoms in total. The van der Waals surface area contributed by atoms with Gasteiger partial charge < -0.3 is 15.0 Å². The van der Waals surface area contributed by atoms with E-state index in [1.807, 2.05) is 35.2 Å². The highest BCUT2D eigenvalue weighted by Crippen LogP contribution is 2.37. The maximum Gasteiger partial charge on any atom is 0.416 e. The van der Waals surface area contributed by atoms with Crippen LogP contribution < -0.4 is 5.32 Å². The molecule has 2 fully saturated rings. The number of hydrogen-bond acceptors (Lipinski definition) is 3. The zero-order valence-electron chi connectivity index (χ0n) is 18.9. The molecule has 2 aliphatic heterocycles. The summed E-state index contributed by atoms with van der Waals surface area (Å²) < 4.78 is 84.8. The highest BCUT2D eigenvalue weighted by atomic mass is 19.4. The van der Waals surface area contributed by atoms with E-state index in [4.69, 9.17) is 4.74 Å². The second-order valence-electron chi connectivity index (χ2n) is 9.12. The topological polar surface area (TPSA) is 41.6 Å². The lowest BCUT2D eigenvalue weighted by Crippen LogP contribution is -2.57. The number of carbonyl (C=O) groups is 1. The molecule has 0 spiro atoms. The molecule has 0 aromatic heterocycles. The second kappa shape index (κ2) is 9.81. The zero-order valence-corrected chi connectivity index (χ0v) is 18.9. The number of rotatable bonds is 6. The molecule has 190 valence electrons. The average Bonchev–Trinajstić information content (AvgIpc) is 3.24. The number of nitrogens with zero attached hydrogens (tertiary/aromatic N) is 1. The largest absolute Gasteiger partial charge is 0.416 e. The van der Waals surface area contributed by atoms with Crippen LogP contribution in [0.4, 0.5) is 26.3 Å². The third kappa shape index (κ3) is 5.81. The van der Waals surface area contributed by atoms with Gasteiger partial charge in [-0.05, 0) is 48.6 Å². The van der Waals surface area contributed by atoms with Gasteiger partial charge in [0.1, 0.15) is 0 Å². The van der Waals surface area contributed by atoms with Crippen LogP contribution in [0.1, 0.15) is 47.9 Å². The molecule has 1 N–H and O–H groups in total. The van der Waals surface area contributed by atoms with Gasteiger partial charge in [0.05, 0.1) is 29.9 Å². The number of amides is 1. The van der Waals surface area contributed by atoms with Crippen molar-refractivity contribution in [3.63, 3.8) is 0 Å². The molecule has 2 saturated heterocycles. The first-order valence-electron chi connectivity index (χ1n) is 11.4. The maximum atomic E-state index is 13.2. The van der Waals surface area contributed by atoms with E-state index in [2.05, 4.69) is 5.32 Å². The number of alkyl halides is 6. The Morgan fingerprint density at radius 3 is 2.17 bits per heavy atom. The number of benzene rings is 2. The lowest BCUT2D eigenvalue weighted by molar-refractivity contribution is -0.143. The Labute approximate surface area is 199 Å². The molecule has 35 heavy (non-hydrogen) atoms. The molecule has 0 saturated carbocycles. The molecular weight excluding hydrogens is 474 g/mol. The Bertz CT molecular complexity index is 998. The van der Waals surface area contributed by atoms with Gasteiger partial charge in [-0.1, -0.05) is 30.3 Å². The Kier molecular flexibility index (Phi) is 7.15. The first kappa shape index (κ1) is 25.5. The Balaban J connectivity index is 1.50. The van der Waals surface area contributed by atoms with Crippen molar-refractivity contribution in [2.75, 3.05) is 19.7 Å². The molecule has 2 aromatic carbocycles. The van der Waals surface area contributed by atoms with Gasteiger partial charge in [-0.3, -0.25) is 4.79 Å². The molecule has 10 heteroatoms. The average molecular weight is 500 g/mol. The van der Waals surface area contributed by atoms with Gasteiger partial charge in [-0.2, -0.15) is 26.3 Å². The summed E-state index contributed by atoms with van der Waals surface area (Å²) >= 11 is 0. The summed E-state index contributed by atoms with van der Waals surface area (Å²) in [6.07, 6.45) is -7.14.